The summed E-state index contributed by atoms with van der Waals surface area (Å²) in [5.74, 6) is -0.595. The molecular formula is C20H11BrCl2N4O2. The third-order valence-electron chi connectivity index (χ3n) is 4.11. The first kappa shape index (κ1) is 19.6. The molecule has 4 aromatic rings. The maximum atomic E-state index is 13.0. The standard InChI is InChI=1S/C20H11BrCl2N4O2/c21-11-3-1-4-13(7-11)27-10-15(18(28)14-5-2-6-24-19(14)27)20(29)25-12-8-16(22)26-17(23)9-12/h1-10H,(H,25,26,29). The van der Waals surface area contributed by atoms with Gasteiger partial charge in [-0.25, -0.2) is 9.97 Å². The van der Waals surface area contributed by atoms with Crippen LogP contribution in [0.3, 0.4) is 0 Å². The summed E-state index contributed by atoms with van der Waals surface area (Å²) in [7, 11) is 0. The number of hydrogen-bond donors (Lipinski definition) is 1. The molecule has 4 rings (SSSR count). The van der Waals surface area contributed by atoms with E-state index in [1.54, 1.807) is 22.9 Å². The molecule has 0 aliphatic heterocycles. The second kappa shape index (κ2) is 7.94. The lowest BCUT2D eigenvalue weighted by Gasteiger charge is -2.13. The molecule has 9 heteroatoms. The Balaban J connectivity index is 1.87. The van der Waals surface area contributed by atoms with Crippen molar-refractivity contribution in [2.45, 2.75) is 0 Å². The number of fused-ring (bicyclic) bond motifs is 1. The van der Waals surface area contributed by atoms with Crippen LogP contribution in [0.2, 0.25) is 10.3 Å². The largest absolute Gasteiger partial charge is 0.322 e. The number of hydrogen-bond acceptors (Lipinski definition) is 4. The summed E-state index contributed by atoms with van der Waals surface area (Å²) in [5, 5.41) is 3.22. The van der Waals surface area contributed by atoms with Crippen LogP contribution in [0.4, 0.5) is 5.69 Å². The summed E-state index contributed by atoms with van der Waals surface area (Å²) in [6.07, 6.45) is 3.07. The van der Waals surface area contributed by atoms with Crippen LogP contribution in [0.1, 0.15) is 10.4 Å². The lowest BCUT2D eigenvalue weighted by atomic mass is 10.1. The summed E-state index contributed by atoms with van der Waals surface area (Å²) >= 11 is 15.2. The van der Waals surface area contributed by atoms with E-state index in [-0.39, 0.29) is 15.9 Å². The molecule has 0 radical (unpaired) electrons. The molecule has 0 spiro atoms. The zero-order valence-electron chi connectivity index (χ0n) is 14.6. The van der Waals surface area contributed by atoms with Crippen molar-refractivity contribution in [2.24, 2.45) is 0 Å². The number of amides is 1. The third-order valence-corrected chi connectivity index (χ3v) is 4.99. The lowest BCUT2D eigenvalue weighted by molar-refractivity contribution is 0.102. The molecule has 0 aliphatic rings. The molecule has 1 amide bonds. The number of rotatable bonds is 3. The Hall–Kier alpha value is -2.74. The van der Waals surface area contributed by atoms with Crippen LogP contribution >= 0.6 is 39.1 Å². The third kappa shape index (κ3) is 4.03. The van der Waals surface area contributed by atoms with E-state index < -0.39 is 11.3 Å². The highest BCUT2D eigenvalue weighted by molar-refractivity contribution is 9.10. The quantitative estimate of drug-likeness (QED) is 0.406. The Kier molecular flexibility index (Phi) is 5.36. The SMILES string of the molecule is O=C(Nc1cc(Cl)nc(Cl)c1)c1cn(-c2cccc(Br)c2)c2ncccc2c1=O. The normalized spacial score (nSPS) is 10.9. The number of nitrogens with zero attached hydrogens (tertiary/aromatic N) is 3. The van der Waals surface area contributed by atoms with Gasteiger partial charge in [-0.3, -0.25) is 9.59 Å². The van der Waals surface area contributed by atoms with Crippen LogP contribution in [0, 0.1) is 0 Å². The zero-order chi connectivity index (χ0) is 20.5. The average molecular weight is 490 g/mol. The van der Waals surface area contributed by atoms with Crippen molar-refractivity contribution in [3.8, 4) is 5.69 Å². The van der Waals surface area contributed by atoms with Gasteiger partial charge < -0.3 is 9.88 Å². The van der Waals surface area contributed by atoms with Crippen LogP contribution in [0.15, 0.2) is 70.2 Å². The Morgan fingerprint density at radius 2 is 1.83 bits per heavy atom. The molecule has 0 bridgehead atoms. The van der Waals surface area contributed by atoms with Crippen molar-refractivity contribution in [3.05, 3.63) is 91.5 Å². The fourth-order valence-corrected chi connectivity index (χ4v) is 3.73. The second-order valence-corrected chi connectivity index (χ2v) is 7.74. The number of nitrogens with one attached hydrogen (secondary N) is 1. The van der Waals surface area contributed by atoms with Gasteiger partial charge in [0.1, 0.15) is 21.5 Å². The second-order valence-electron chi connectivity index (χ2n) is 6.05. The fourth-order valence-electron chi connectivity index (χ4n) is 2.88. The molecule has 29 heavy (non-hydrogen) atoms. The van der Waals surface area contributed by atoms with E-state index in [1.165, 1.54) is 18.3 Å². The van der Waals surface area contributed by atoms with Gasteiger partial charge in [0.25, 0.3) is 5.91 Å². The van der Waals surface area contributed by atoms with Gasteiger partial charge in [0.2, 0.25) is 5.43 Å². The molecule has 3 heterocycles. The predicted molar refractivity (Wildman–Crippen MR) is 117 cm³/mol. The maximum Gasteiger partial charge on any atom is 0.261 e. The number of pyridine rings is 3. The smallest absolute Gasteiger partial charge is 0.261 e. The molecule has 0 fully saturated rings. The zero-order valence-corrected chi connectivity index (χ0v) is 17.7. The van der Waals surface area contributed by atoms with Crippen LogP contribution in [0.25, 0.3) is 16.7 Å². The lowest BCUT2D eigenvalue weighted by Crippen LogP contribution is -2.24. The van der Waals surface area contributed by atoms with Gasteiger partial charge in [-0.15, -0.1) is 0 Å². The van der Waals surface area contributed by atoms with Crippen LogP contribution in [0.5, 0.6) is 0 Å². The molecule has 6 nitrogen and oxygen atoms in total. The Morgan fingerprint density at radius 3 is 2.55 bits per heavy atom. The van der Waals surface area contributed by atoms with E-state index in [1.807, 2.05) is 24.3 Å². The highest BCUT2D eigenvalue weighted by Crippen LogP contribution is 2.21. The summed E-state index contributed by atoms with van der Waals surface area (Å²) < 4.78 is 2.55. The molecule has 1 aromatic carbocycles. The minimum Gasteiger partial charge on any atom is -0.322 e. The minimum absolute atomic E-state index is 0.0467. The first-order valence-corrected chi connectivity index (χ1v) is 9.88. The van der Waals surface area contributed by atoms with Gasteiger partial charge in [-0.05, 0) is 42.5 Å². The van der Waals surface area contributed by atoms with E-state index in [0.29, 0.717) is 16.7 Å². The Morgan fingerprint density at radius 1 is 1.07 bits per heavy atom. The van der Waals surface area contributed by atoms with E-state index >= 15 is 0 Å². The summed E-state index contributed by atoms with van der Waals surface area (Å²) in [6.45, 7) is 0. The number of anilines is 1. The van der Waals surface area contributed by atoms with Gasteiger partial charge in [-0.2, -0.15) is 0 Å². The average Bonchev–Trinajstić information content (AvgIpc) is 2.67. The van der Waals surface area contributed by atoms with Crippen LogP contribution in [-0.2, 0) is 0 Å². The number of carbonyl (C=O) groups is 1. The van der Waals surface area contributed by atoms with Crippen molar-refractivity contribution >= 4 is 61.8 Å². The van der Waals surface area contributed by atoms with E-state index in [2.05, 4.69) is 31.2 Å². The molecule has 0 atom stereocenters. The van der Waals surface area contributed by atoms with Gasteiger partial charge >= 0.3 is 0 Å². The molecule has 0 saturated heterocycles. The predicted octanol–water partition coefficient (Wildman–Crippen LogP) is 5.10. The summed E-state index contributed by atoms with van der Waals surface area (Å²) in [6, 6.07) is 13.6. The van der Waals surface area contributed by atoms with Crippen molar-refractivity contribution < 1.29 is 4.79 Å². The maximum absolute atomic E-state index is 13.0. The van der Waals surface area contributed by atoms with Gasteiger partial charge in [0.05, 0.1) is 5.39 Å². The first-order chi connectivity index (χ1) is 13.9. The number of halogens is 3. The number of benzene rings is 1. The van der Waals surface area contributed by atoms with Gasteiger partial charge in [0.15, 0.2) is 0 Å². The topological polar surface area (TPSA) is 76.9 Å². The van der Waals surface area contributed by atoms with E-state index in [4.69, 9.17) is 23.2 Å². The first-order valence-electron chi connectivity index (χ1n) is 8.33. The van der Waals surface area contributed by atoms with Gasteiger partial charge in [-0.1, -0.05) is 45.2 Å². The molecular weight excluding hydrogens is 479 g/mol. The molecule has 1 N–H and O–H groups in total. The van der Waals surface area contributed by atoms with Crippen molar-refractivity contribution in [1.82, 2.24) is 14.5 Å². The number of carbonyl (C=O) groups excluding carboxylic acids is 1. The van der Waals surface area contributed by atoms with E-state index in [9.17, 15) is 9.59 Å². The minimum atomic E-state index is -0.595. The Labute approximate surface area is 183 Å². The highest BCUT2D eigenvalue weighted by atomic mass is 79.9. The fraction of sp³-hybridized carbons (Fsp3) is 0. The van der Waals surface area contributed by atoms with E-state index in [0.717, 1.165) is 10.2 Å². The summed E-state index contributed by atoms with van der Waals surface area (Å²) in [4.78, 5) is 34.0. The van der Waals surface area contributed by atoms with Crippen LogP contribution in [-0.4, -0.2) is 20.4 Å². The molecule has 0 saturated carbocycles. The van der Waals surface area contributed by atoms with Gasteiger partial charge in [0, 0.05) is 28.2 Å². The highest BCUT2D eigenvalue weighted by Gasteiger charge is 2.17. The molecule has 3 aromatic heterocycles. The number of aromatic nitrogens is 3. The Bertz CT molecular complexity index is 1300. The van der Waals surface area contributed by atoms with Crippen molar-refractivity contribution in [1.29, 1.82) is 0 Å². The van der Waals surface area contributed by atoms with Crippen LogP contribution < -0.4 is 10.7 Å². The molecule has 144 valence electrons. The molecule has 0 unspecified atom stereocenters. The summed E-state index contributed by atoms with van der Waals surface area (Å²) in [5.41, 5.74) is 1.05. The monoisotopic (exact) mass is 488 g/mol. The molecule has 0 aliphatic carbocycles. The van der Waals surface area contributed by atoms with Crippen molar-refractivity contribution in [2.75, 3.05) is 5.32 Å². The van der Waals surface area contributed by atoms with Crippen molar-refractivity contribution in [3.63, 3.8) is 0 Å².